The molecule has 3 aromatic rings. The second-order valence-electron chi connectivity index (χ2n) is 6.52. The van der Waals surface area contributed by atoms with Gasteiger partial charge in [-0.15, -0.1) is 0 Å². The van der Waals surface area contributed by atoms with Crippen LogP contribution in [0.15, 0.2) is 48.5 Å². The van der Waals surface area contributed by atoms with E-state index in [9.17, 15) is 0 Å². The van der Waals surface area contributed by atoms with Crippen LogP contribution in [0.4, 0.5) is 0 Å². The molecule has 2 nitrogen and oxygen atoms in total. The Hall–Kier alpha value is -2.06. The molecule has 0 aliphatic carbocycles. The number of hydrogen-bond donors (Lipinski definition) is 2. The molecule has 112 valence electrons. The molecule has 4 rings (SSSR count). The van der Waals surface area contributed by atoms with Crippen LogP contribution in [0.1, 0.15) is 48.2 Å². The van der Waals surface area contributed by atoms with Crippen LogP contribution in [0.2, 0.25) is 0 Å². The van der Waals surface area contributed by atoms with Crippen molar-refractivity contribution in [2.75, 3.05) is 6.54 Å². The fraction of sp³-hybridized carbons (Fsp3) is 0.300. The standard InChI is InChI=1S/C20H22N2/c1-13(2)14-7-9-15(10-8-14)19-20-17(11-12-21-19)16-5-3-4-6-18(16)22-20/h3-10,13,19,21-22H,11-12H2,1-2H3. The number of nitrogens with one attached hydrogen (secondary N) is 2. The van der Waals surface area contributed by atoms with Gasteiger partial charge in [0.1, 0.15) is 0 Å². The Morgan fingerprint density at radius 2 is 1.77 bits per heavy atom. The first-order valence-electron chi connectivity index (χ1n) is 8.17. The summed E-state index contributed by atoms with van der Waals surface area (Å²) >= 11 is 0. The van der Waals surface area contributed by atoms with Crippen LogP contribution in [0.5, 0.6) is 0 Å². The van der Waals surface area contributed by atoms with E-state index >= 15 is 0 Å². The Balaban J connectivity index is 1.78. The molecule has 22 heavy (non-hydrogen) atoms. The topological polar surface area (TPSA) is 27.8 Å². The Kier molecular flexibility index (Phi) is 3.27. The average Bonchev–Trinajstić information content (AvgIpc) is 2.93. The zero-order chi connectivity index (χ0) is 15.1. The van der Waals surface area contributed by atoms with Crippen LogP contribution in [-0.4, -0.2) is 11.5 Å². The molecule has 0 fully saturated rings. The van der Waals surface area contributed by atoms with Crippen molar-refractivity contribution in [1.29, 1.82) is 0 Å². The number of fused-ring (bicyclic) bond motifs is 3. The molecule has 0 saturated heterocycles. The summed E-state index contributed by atoms with van der Waals surface area (Å²) in [5.74, 6) is 0.581. The quantitative estimate of drug-likeness (QED) is 0.713. The van der Waals surface area contributed by atoms with Crippen molar-refractivity contribution in [3.05, 3.63) is 70.9 Å². The molecular formula is C20H22N2. The van der Waals surface area contributed by atoms with E-state index in [0.29, 0.717) is 5.92 Å². The lowest BCUT2D eigenvalue weighted by atomic mass is 9.92. The van der Waals surface area contributed by atoms with Gasteiger partial charge in [-0.3, -0.25) is 0 Å². The fourth-order valence-electron chi connectivity index (χ4n) is 3.54. The molecular weight excluding hydrogens is 268 g/mol. The summed E-state index contributed by atoms with van der Waals surface area (Å²) in [6, 6.07) is 18.0. The highest BCUT2D eigenvalue weighted by atomic mass is 15.0. The molecule has 0 amide bonds. The number of para-hydroxylation sites is 1. The van der Waals surface area contributed by atoms with Gasteiger partial charge in [0.15, 0.2) is 0 Å². The lowest BCUT2D eigenvalue weighted by Gasteiger charge is -2.25. The maximum Gasteiger partial charge on any atom is 0.0732 e. The molecule has 1 aliphatic heterocycles. The zero-order valence-electron chi connectivity index (χ0n) is 13.2. The van der Waals surface area contributed by atoms with E-state index in [2.05, 4.69) is 72.7 Å². The van der Waals surface area contributed by atoms with Gasteiger partial charge in [0.05, 0.1) is 6.04 Å². The maximum absolute atomic E-state index is 3.67. The van der Waals surface area contributed by atoms with E-state index in [1.54, 1.807) is 0 Å². The summed E-state index contributed by atoms with van der Waals surface area (Å²) < 4.78 is 0. The first-order valence-corrected chi connectivity index (χ1v) is 8.17. The summed E-state index contributed by atoms with van der Waals surface area (Å²) in [4.78, 5) is 3.64. The van der Waals surface area contributed by atoms with Crippen molar-refractivity contribution in [3.8, 4) is 0 Å². The minimum absolute atomic E-state index is 0.275. The third-order valence-corrected chi connectivity index (χ3v) is 4.80. The summed E-state index contributed by atoms with van der Waals surface area (Å²) in [6.07, 6.45) is 1.10. The number of hydrogen-bond acceptors (Lipinski definition) is 1. The van der Waals surface area contributed by atoms with E-state index in [4.69, 9.17) is 0 Å². The van der Waals surface area contributed by atoms with Crippen LogP contribution >= 0.6 is 0 Å². The van der Waals surface area contributed by atoms with Gasteiger partial charge in [0.25, 0.3) is 0 Å². The Morgan fingerprint density at radius 3 is 2.55 bits per heavy atom. The summed E-state index contributed by atoms with van der Waals surface area (Å²) in [5.41, 5.74) is 6.81. The number of aromatic amines is 1. The second-order valence-corrected chi connectivity index (χ2v) is 6.52. The molecule has 0 saturated carbocycles. The minimum Gasteiger partial charge on any atom is -0.357 e. The van der Waals surface area contributed by atoms with Gasteiger partial charge in [-0.1, -0.05) is 56.3 Å². The van der Waals surface area contributed by atoms with Crippen LogP contribution < -0.4 is 5.32 Å². The van der Waals surface area contributed by atoms with Gasteiger partial charge in [0, 0.05) is 23.1 Å². The highest BCUT2D eigenvalue weighted by Gasteiger charge is 2.24. The van der Waals surface area contributed by atoms with Gasteiger partial charge in [-0.25, -0.2) is 0 Å². The van der Waals surface area contributed by atoms with Crippen LogP contribution in [0.25, 0.3) is 10.9 Å². The van der Waals surface area contributed by atoms with Crippen molar-refractivity contribution in [2.24, 2.45) is 0 Å². The van der Waals surface area contributed by atoms with Gasteiger partial charge in [-0.2, -0.15) is 0 Å². The van der Waals surface area contributed by atoms with E-state index in [1.807, 2.05) is 0 Å². The summed E-state index contributed by atoms with van der Waals surface area (Å²) in [7, 11) is 0. The SMILES string of the molecule is CC(C)c1ccc(C2NCCc3c2[nH]c2ccccc32)cc1. The van der Waals surface area contributed by atoms with Gasteiger partial charge in [-0.05, 0) is 35.1 Å². The van der Waals surface area contributed by atoms with E-state index in [1.165, 1.54) is 33.3 Å². The largest absolute Gasteiger partial charge is 0.357 e. The second kappa shape index (κ2) is 5.29. The highest BCUT2D eigenvalue weighted by molar-refractivity contribution is 5.85. The number of H-pyrrole nitrogens is 1. The number of benzene rings is 2. The highest BCUT2D eigenvalue weighted by Crippen LogP contribution is 2.33. The third-order valence-electron chi connectivity index (χ3n) is 4.80. The van der Waals surface area contributed by atoms with Crippen LogP contribution in [0, 0.1) is 0 Å². The first kappa shape index (κ1) is 13.6. The van der Waals surface area contributed by atoms with E-state index < -0.39 is 0 Å². The maximum atomic E-state index is 3.67. The molecule has 0 radical (unpaired) electrons. The van der Waals surface area contributed by atoms with Crippen LogP contribution in [0.3, 0.4) is 0 Å². The van der Waals surface area contributed by atoms with Gasteiger partial charge < -0.3 is 10.3 Å². The molecule has 1 aliphatic rings. The van der Waals surface area contributed by atoms with Gasteiger partial charge >= 0.3 is 0 Å². The van der Waals surface area contributed by atoms with E-state index in [0.717, 1.165) is 13.0 Å². The van der Waals surface area contributed by atoms with Gasteiger partial charge in [0.2, 0.25) is 0 Å². The molecule has 0 spiro atoms. The Bertz CT molecular complexity index is 796. The van der Waals surface area contributed by atoms with Crippen molar-refractivity contribution < 1.29 is 0 Å². The normalized spacial score (nSPS) is 17.9. The van der Waals surface area contributed by atoms with Crippen LogP contribution in [-0.2, 0) is 6.42 Å². The van der Waals surface area contributed by atoms with E-state index in [-0.39, 0.29) is 6.04 Å². The summed E-state index contributed by atoms with van der Waals surface area (Å²) in [6.45, 7) is 5.51. The molecule has 0 bridgehead atoms. The Morgan fingerprint density at radius 1 is 1.00 bits per heavy atom. The monoisotopic (exact) mass is 290 g/mol. The first-order chi connectivity index (χ1) is 10.7. The molecule has 2 heterocycles. The molecule has 1 aromatic heterocycles. The summed E-state index contributed by atoms with van der Waals surface area (Å²) in [5, 5.41) is 5.05. The molecule has 2 N–H and O–H groups in total. The molecule has 1 unspecified atom stereocenters. The zero-order valence-corrected chi connectivity index (χ0v) is 13.2. The molecule has 1 atom stereocenters. The lowest BCUT2D eigenvalue weighted by Crippen LogP contribution is -2.30. The number of aromatic nitrogens is 1. The number of rotatable bonds is 2. The average molecular weight is 290 g/mol. The minimum atomic E-state index is 0.275. The van der Waals surface area contributed by atoms with Crippen molar-refractivity contribution >= 4 is 10.9 Å². The fourth-order valence-corrected chi connectivity index (χ4v) is 3.54. The molecule has 2 heteroatoms. The Labute approximate surface area is 131 Å². The predicted octanol–water partition coefficient (Wildman–Crippen LogP) is 4.53. The van der Waals surface area contributed by atoms with Crippen molar-refractivity contribution in [1.82, 2.24) is 10.3 Å². The molecule has 2 aromatic carbocycles. The third kappa shape index (κ3) is 2.15. The van der Waals surface area contributed by atoms with Crippen molar-refractivity contribution in [2.45, 2.75) is 32.2 Å². The lowest BCUT2D eigenvalue weighted by molar-refractivity contribution is 0.560. The smallest absolute Gasteiger partial charge is 0.0732 e. The predicted molar refractivity (Wildman–Crippen MR) is 92.4 cm³/mol. The van der Waals surface area contributed by atoms with Crippen molar-refractivity contribution in [3.63, 3.8) is 0 Å².